The maximum atomic E-state index is 12.7. The molecule has 0 bridgehead atoms. The van der Waals surface area contributed by atoms with Crippen molar-refractivity contribution >= 4 is 17.8 Å². The van der Waals surface area contributed by atoms with E-state index in [-0.39, 0.29) is 11.8 Å². The summed E-state index contributed by atoms with van der Waals surface area (Å²) < 4.78 is 22.6. The monoisotopic (exact) mass is 469 g/mol. The van der Waals surface area contributed by atoms with E-state index in [1.165, 1.54) is 4.68 Å². The molecule has 34 heavy (non-hydrogen) atoms. The fourth-order valence-corrected chi connectivity index (χ4v) is 3.24. The molecule has 2 N–H and O–H groups in total. The van der Waals surface area contributed by atoms with Gasteiger partial charge >= 0.3 is 0 Å². The van der Waals surface area contributed by atoms with Crippen molar-refractivity contribution in [2.45, 2.75) is 26.9 Å². The molecule has 10 nitrogen and oxygen atoms in total. The van der Waals surface area contributed by atoms with Crippen LogP contribution in [0.4, 0.5) is 11.9 Å². The normalized spacial score (nSPS) is 10.7. The smallest absolute Gasteiger partial charge is 0.252 e. The molecule has 0 fully saturated rings. The van der Waals surface area contributed by atoms with Crippen LogP contribution in [0.1, 0.15) is 29.8 Å². The molecule has 0 radical (unpaired) electrons. The van der Waals surface area contributed by atoms with Crippen molar-refractivity contribution in [2.75, 3.05) is 39.1 Å². The lowest BCUT2D eigenvalue weighted by Gasteiger charge is -2.11. The molecule has 0 atom stereocenters. The number of benzene rings is 2. The van der Waals surface area contributed by atoms with E-state index in [0.29, 0.717) is 48.0 Å². The van der Waals surface area contributed by atoms with Gasteiger partial charge in [-0.15, -0.1) is 5.10 Å². The minimum absolute atomic E-state index is 0.165. The third-order valence-electron chi connectivity index (χ3n) is 5.11. The Bertz CT molecular complexity index is 1130. The number of nitrogens with one attached hydrogen (secondary N) is 2. The minimum atomic E-state index is -0.248. The van der Waals surface area contributed by atoms with Gasteiger partial charge in [0, 0.05) is 19.0 Å². The van der Waals surface area contributed by atoms with Crippen molar-refractivity contribution in [3.8, 4) is 23.0 Å². The van der Waals surface area contributed by atoms with Gasteiger partial charge in [-0.2, -0.15) is 9.67 Å². The first-order valence-corrected chi connectivity index (χ1v) is 10.8. The Kier molecular flexibility index (Phi) is 8.18. The lowest BCUT2D eigenvalue weighted by atomic mass is 10.2. The fraction of sp³-hybridized carbons (Fsp3) is 0.375. The predicted molar refractivity (Wildman–Crippen MR) is 129 cm³/mol. The van der Waals surface area contributed by atoms with Gasteiger partial charge in [-0.3, -0.25) is 4.79 Å². The van der Waals surface area contributed by atoms with Crippen molar-refractivity contribution < 1.29 is 23.7 Å². The number of rotatable bonds is 11. The topological polar surface area (TPSA) is 109 Å². The molecule has 0 unspecified atom stereocenters. The van der Waals surface area contributed by atoms with Crippen LogP contribution in [-0.4, -0.2) is 49.1 Å². The van der Waals surface area contributed by atoms with Gasteiger partial charge in [0.1, 0.15) is 0 Å². The standard InChI is InChI=1S/C24H31N5O5/c1-15(2)22(30)29-24(26-14-17-8-10-19(32-4)21(12-17)34-6)27-23(28-29)25-13-16-7-9-18(31-3)20(11-16)33-5/h7-12,15H,13-14H2,1-6H3,(H2,25,26,27,28). The van der Waals surface area contributed by atoms with Crippen LogP contribution in [0.25, 0.3) is 0 Å². The third kappa shape index (κ3) is 5.69. The molecule has 10 heteroatoms. The first-order valence-electron chi connectivity index (χ1n) is 10.8. The Hall–Kier alpha value is -3.95. The molecule has 3 aromatic rings. The number of carbonyl (C=O) groups excluding carboxylic acids is 1. The molecule has 0 saturated heterocycles. The maximum Gasteiger partial charge on any atom is 0.252 e. The highest BCUT2D eigenvalue weighted by atomic mass is 16.5. The van der Waals surface area contributed by atoms with Crippen molar-refractivity contribution in [2.24, 2.45) is 5.92 Å². The molecular weight excluding hydrogens is 438 g/mol. The summed E-state index contributed by atoms with van der Waals surface area (Å²) in [5, 5.41) is 10.7. The summed E-state index contributed by atoms with van der Waals surface area (Å²) in [6.45, 7) is 4.49. The molecule has 1 heterocycles. The van der Waals surface area contributed by atoms with Crippen molar-refractivity contribution in [1.29, 1.82) is 0 Å². The van der Waals surface area contributed by atoms with Crippen LogP contribution in [0.3, 0.4) is 0 Å². The lowest BCUT2D eigenvalue weighted by molar-refractivity contribution is 0.0841. The first-order chi connectivity index (χ1) is 16.4. The van der Waals surface area contributed by atoms with Crippen LogP contribution in [0.5, 0.6) is 23.0 Å². The summed E-state index contributed by atoms with van der Waals surface area (Å²) in [5.41, 5.74) is 1.88. The summed E-state index contributed by atoms with van der Waals surface area (Å²) in [6.07, 6.45) is 0. The average molecular weight is 470 g/mol. The average Bonchev–Trinajstić information content (AvgIpc) is 3.28. The van der Waals surface area contributed by atoms with Crippen LogP contribution in [0.15, 0.2) is 36.4 Å². The second kappa shape index (κ2) is 11.3. The van der Waals surface area contributed by atoms with Crippen LogP contribution < -0.4 is 29.6 Å². The zero-order valence-corrected chi connectivity index (χ0v) is 20.3. The van der Waals surface area contributed by atoms with Gasteiger partial charge in [0.15, 0.2) is 23.0 Å². The lowest BCUT2D eigenvalue weighted by Crippen LogP contribution is -2.21. The summed E-state index contributed by atoms with van der Waals surface area (Å²) in [6, 6.07) is 11.2. The summed E-state index contributed by atoms with van der Waals surface area (Å²) in [4.78, 5) is 17.2. The van der Waals surface area contributed by atoms with Gasteiger partial charge in [0.2, 0.25) is 11.9 Å². The van der Waals surface area contributed by atoms with Crippen LogP contribution >= 0.6 is 0 Å². The Morgan fingerprint density at radius 2 is 1.32 bits per heavy atom. The number of anilines is 2. The van der Waals surface area contributed by atoms with Crippen LogP contribution in [0, 0.1) is 5.92 Å². The van der Waals surface area contributed by atoms with Crippen molar-refractivity contribution in [3.63, 3.8) is 0 Å². The number of hydrogen-bond donors (Lipinski definition) is 2. The number of aromatic nitrogens is 3. The van der Waals surface area contributed by atoms with Gasteiger partial charge in [-0.1, -0.05) is 26.0 Å². The number of carbonyl (C=O) groups is 1. The van der Waals surface area contributed by atoms with E-state index in [1.807, 2.05) is 50.2 Å². The van der Waals surface area contributed by atoms with Crippen LogP contribution in [0.2, 0.25) is 0 Å². The van der Waals surface area contributed by atoms with Gasteiger partial charge < -0.3 is 29.6 Å². The van der Waals surface area contributed by atoms with Gasteiger partial charge in [0.25, 0.3) is 5.91 Å². The summed E-state index contributed by atoms with van der Waals surface area (Å²) in [7, 11) is 6.36. The number of ether oxygens (including phenoxy) is 4. The van der Waals surface area contributed by atoms with E-state index in [0.717, 1.165) is 11.1 Å². The number of methoxy groups -OCH3 is 4. The predicted octanol–water partition coefficient (Wildman–Crippen LogP) is 3.83. The Labute approximate surface area is 199 Å². The van der Waals surface area contributed by atoms with E-state index >= 15 is 0 Å². The van der Waals surface area contributed by atoms with Crippen molar-refractivity contribution in [3.05, 3.63) is 47.5 Å². The molecule has 0 aliphatic heterocycles. The van der Waals surface area contributed by atoms with Crippen molar-refractivity contribution in [1.82, 2.24) is 14.8 Å². The Balaban J connectivity index is 1.77. The first kappa shape index (κ1) is 24.7. The Morgan fingerprint density at radius 1 is 0.824 bits per heavy atom. The highest BCUT2D eigenvalue weighted by molar-refractivity contribution is 5.82. The third-order valence-corrected chi connectivity index (χ3v) is 5.11. The van der Waals surface area contributed by atoms with E-state index < -0.39 is 0 Å². The molecule has 0 amide bonds. The molecule has 0 spiro atoms. The highest BCUT2D eigenvalue weighted by Crippen LogP contribution is 2.29. The zero-order chi connectivity index (χ0) is 24.7. The van der Waals surface area contributed by atoms with E-state index in [4.69, 9.17) is 18.9 Å². The molecule has 1 aromatic heterocycles. The maximum absolute atomic E-state index is 12.7. The zero-order valence-electron chi connectivity index (χ0n) is 20.3. The molecule has 2 aromatic carbocycles. The van der Waals surface area contributed by atoms with Gasteiger partial charge in [-0.25, -0.2) is 0 Å². The van der Waals surface area contributed by atoms with Gasteiger partial charge in [0.05, 0.1) is 28.4 Å². The molecule has 0 aliphatic carbocycles. The molecule has 0 saturated carbocycles. The van der Waals surface area contributed by atoms with E-state index in [2.05, 4.69) is 20.7 Å². The molecular formula is C24H31N5O5. The molecule has 182 valence electrons. The fourth-order valence-electron chi connectivity index (χ4n) is 3.24. The molecule has 3 rings (SSSR count). The summed E-state index contributed by atoms with van der Waals surface area (Å²) >= 11 is 0. The largest absolute Gasteiger partial charge is 0.493 e. The number of hydrogen-bond acceptors (Lipinski definition) is 9. The minimum Gasteiger partial charge on any atom is -0.493 e. The quantitative estimate of drug-likeness (QED) is 0.433. The second-order valence-electron chi connectivity index (χ2n) is 7.75. The molecule has 0 aliphatic rings. The van der Waals surface area contributed by atoms with Crippen LogP contribution in [-0.2, 0) is 13.1 Å². The van der Waals surface area contributed by atoms with E-state index in [1.54, 1.807) is 28.4 Å². The second-order valence-corrected chi connectivity index (χ2v) is 7.75. The SMILES string of the molecule is COc1ccc(CNc2nc(NCc3ccc(OC)c(OC)c3)n(C(=O)C(C)C)n2)cc1OC. The highest BCUT2D eigenvalue weighted by Gasteiger charge is 2.19. The Morgan fingerprint density at radius 3 is 1.79 bits per heavy atom. The van der Waals surface area contributed by atoms with E-state index in [9.17, 15) is 4.79 Å². The van der Waals surface area contributed by atoms with Gasteiger partial charge in [-0.05, 0) is 35.4 Å². The summed E-state index contributed by atoms with van der Waals surface area (Å²) in [5.74, 6) is 2.82. The number of nitrogens with zero attached hydrogens (tertiary/aromatic N) is 3.